The molecule has 0 saturated carbocycles. The van der Waals surface area contributed by atoms with E-state index in [0.29, 0.717) is 0 Å². The third-order valence-corrected chi connectivity index (χ3v) is 3.54. The molecule has 3 rings (SSSR count). The van der Waals surface area contributed by atoms with Crippen LogP contribution in [0.4, 0.5) is 0 Å². The van der Waals surface area contributed by atoms with Crippen LogP contribution in [0.2, 0.25) is 0 Å². The monoisotopic (exact) mass is 252 g/mol. The first kappa shape index (κ1) is 11.8. The average Bonchev–Trinajstić information content (AvgIpc) is 2.81. The molecule has 0 spiro atoms. The van der Waals surface area contributed by atoms with Crippen molar-refractivity contribution in [2.45, 2.75) is 13.8 Å². The highest BCUT2D eigenvalue weighted by Gasteiger charge is 2.09. The number of pyridine rings is 1. The molecule has 3 heteroatoms. The molecule has 3 nitrogen and oxygen atoms in total. The van der Waals surface area contributed by atoms with Gasteiger partial charge in [0, 0.05) is 30.5 Å². The van der Waals surface area contributed by atoms with Crippen molar-refractivity contribution in [2.75, 3.05) is 0 Å². The minimum Gasteiger partial charge on any atom is -0.317 e. The molecule has 0 unspecified atom stereocenters. The summed E-state index contributed by atoms with van der Waals surface area (Å²) in [5.41, 5.74) is 4.18. The standard InChI is InChI=1S/C16H16N2O/c1-11-4-5-12(2)14(10-11)18-9-7-13-6-8-17(3)16(19)15(13)18/h4-10H,1-3H3. The van der Waals surface area contributed by atoms with Gasteiger partial charge >= 0.3 is 0 Å². The van der Waals surface area contributed by atoms with E-state index in [0.717, 1.165) is 22.2 Å². The van der Waals surface area contributed by atoms with Crippen LogP contribution in [0, 0.1) is 13.8 Å². The predicted molar refractivity (Wildman–Crippen MR) is 78.0 cm³/mol. The van der Waals surface area contributed by atoms with Crippen LogP contribution >= 0.6 is 0 Å². The van der Waals surface area contributed by atoms with Gasteiger partial charge in [-0.1, -0.05) is 12.1 Å². The fraction of sp³-hybridized carbons (Fsp3) is 0.188. The lowest BCUT2D eigenvalue weighted by molar-refractivity contribution is 0.864. The maximum Gasteiger partial charge on any atom is 0.275 e. The van der Waals surface area contributed by atoms with Gasteiger partial charge in [0.2, 0.25) is 0 Å². The Kier molecular flexibility index (Phi) is 2.56. The highest BCUT2D eigenvalue weighted by Crippen LogP contribution is 2.21. The van der Waals surface area contributed by atoms with Gasteiger partial charge in [-0.05, 0) is 43.2 Å². The molecule has 19 heavy (non-hydrogen) atoms. The molecule has 1 aromatic carbocycles. The van der Waals surface area contributed by atoms with Gasteiger partial charge < -0.3 is 9.13 Å². The van der Waals surface area contributed by atoms with Crippen LogP contribution in [0.25, 0.3) is 16.6 Å². The molecule has 0 atom stereocenters. The van der Waals surface area contributed by atoms with Crippen LogP contribution in [0.3, 0.4) is 0 Å². The van der Waals surface area contributed by atoms with Gasteiger partial charge in [0.15, 0.2) is 0 Å². The Morgan fingerprint density at radius 1 is 1.00 bits per heavy atom. The second-order valence-electron chi connectivity index (χ2n) is 5.01. The summed E-state index contributed by atoms with van der Waals surface area (Å²) in [6, 6.07) is 10.2. The van der Waals surface area contributed by atoms with E-state index in [-0.39, 0.29) is 5.56 Å². The second kappa shape index (κ2) is 4.12. The summed E-state index contributed by atoms with van der Waals surface area (Å²) in [7, 11) is 1.78. The lowest BCUT2D eigenvalue weighted by Gasteiger charge is -2.10. The Morgan fingerprint density at radius 2 is 1.74 bits per heavy atom. The van der Waals surface area contributed by atoms with E-state index in [1.54, 1.807) is 17.8 Å². The number of rotatable bonds is 1. The first-order valence-electron chi connectivity index (χ1n) is 6.32. The van der Waals surface area contributed by atoms with Crippen molar-refractivity contribution in [1.82, 2.24) is 9.13 Å². The molecule has 0 aliphatic carbocycles. The van der Waals surface area contributed by atoms with Crippen LogP contribution in [-0.2, 0) is 7.05 Å². The molecule has 0 N–H and O–H groups in total. The zero-order valence-electron chi connectivity index (χ0n) is 11.3. The molecule has 0 bridgehead atoms. The fourth-order valence-corrected chi connectivity index (χ4v) is 2.41. The summed E-state index contributed by atoms with van der Waals surface area (Å²) < 4.78 is 3.60. The lowest BCUT2D eigenvalue weighted by Crippen LogP contribution is -2.18. The van der Waals surface area contributed by atoms with Gasteiger partial charge in [0.1, 0.15) is 5.52 Å². The molecule has 0 aliphatic heterocycles. The van der Waals surface area contributed by atoms with Gasteiger partial charge in [-0.2, -0.15) is 0 Å². The lowest BCUT2D eigenvalue weighted by atomic mass is 10.1. The minimum atomic E-state index is 0.0309. The topological polar surface area (TPSA) is 26.9 Å². The third kappa shape index (κ3) is 1.78. The van der Waals surface area contributed by atoms with Crippen molar-refractivity contribution < 1.29 is 0 Å². The molecule has 0 amide bonds. The van der Waals surface area contributed by atoms with Crippen LogP contribution in [0.15, 0.2) is 47.5 Å². The third-order valence-electron chi connectivity index (χ3n) is 3.54. The van der Waals surface area contributed by atoms with Crippen molar-refractivity contribution >= 4 is 10.9 Å². The van der Waals surface area contributed by atoms with Gasteiger partial charge in [-0.15, -0.1) is 0 Å². The van der Waals surface area contributed by atoms with Gasteiger partial charge in [-0.25, -0.2) is 0 Å². The summed E-state index contributed by atoms with van der Waals surface area (Å²) in [4.78, 5) is 12.3. The van der Waals surface area contributed by atoms with Crippen molar-refractivity contribution in [3.63, 3.8) is 0 Å². The number of aryl methyl sites for hydroxylation is 3. The van der Waals surface area contributed by atoms with Crippen molar-refractivity contribution in [3.8, 4) is 5.69 Å². The van der Waals surface area contributed by atoms with E-state index in [1.165, 1.54) is 5.56 Å². The fourth-order valence-electron chi connectivity index (χ4n) is 2.41. The number of nitrogens with zero attached hydrogens (tertiary/aromatic N) is 2. The van der Waals surface area contributed by atoms with E-state index in [1.807, 2.05) is 22.9 Å². The highest BCUT2D eigenvalue weighted by atomic mass is 16.1. The molecule has 3 aromatic rings. The van der Waals surface area contributed by atoms with Gasteiger partial charge in [-0.3, -0.25) is 4.79 Å². The molecule has 2 heterocycles. The molecular weight excluding hydrogens is 236 g/mol. The Bertz CT molecular complexity index is 824. The first-order chi connectivity index (χ1) is 9.08. The van der Waals surface area contributed by atoms with Crippen molar-refractivity contribution in [2.24, 2.45) is 7.05 Å². The molecule has 0 aliphatic rings. The van der Waals surface area contributed by atoms with E-state index < -0.39 is 0 Å². The number of hydrogen-bond acceptors (Lipinski definition) is 1. The quantitative estimate of drug-likeness (QED) is 0.654. The van der Waals surface area contributed by atoms with Gasteiger partial charge in [0.25, 0.3) is 5.56 Å². The summed E-state index contributed by atoms with van der Waals surface area (Å²) in [6.45, 7) is 4.13. The maximum atomic E-state index is 12.3. The molecule has 0 saturated heterocycles. The van der Waals surface area contributed by atoms with E-state index >= 15 is 0 Å². The molecule has 0 radical (unpaired) electrons. The maximum absolute atomic E-state index is 12.3. The zero-order valence-corrected chi connectivity index (χ0v) is 11.3. The summed E-state index contributed by atoms with van der Waals surface area (Å²) in [5, 5.41) is 0.976. The summed E-state index contributed by atoms with van der Waals surface area (Å²) >= 11 is 0. The number of hydrogen-bond donors (Lipinski definition) is 0. The Labute approximate surface area is 111 Å². The normalized spacial score (nSPS) is 11.1. The largest absolute Gasteiger partial charge is 0.317 e. The Balaban J connectivity index is 2.41. The molecule has 96 valence electrons. The molecular formula is C16H16N2O. The second-order valence-corrected chi connectivity index (χ2v) is 5.01. The number of benzene rings is 1. The summed E-state index contributed by atoms with van der Waals surface area (Å²) in [6.07, 6.45) is 3.77. The zero-order chi connectivity index (χ0) is 13.6. The highest BCUT2D eigenvalue weighted by molar-refractivity contribution is 5.81. The minimum absolute atomic E-state index is 0.0309. The number of aromatic nitrogens is 2. The Morgan fingerprint density at radius 3 is 2.53 bits per heavy atom. The van der Waals surface area contributed by atoms with Crippen LogP contribution < -0.4 is 5.56 Å². The molecule has 0 fully saturated rings. The summed E-state index contributed by atoms with van der Waals surface area (Å²) in [5.74, 6) is 0. The van der Waals surface area contributed by atoms with E-state index in [2.05, 4.69) is 32.0 Å². The predicted octanol–water partition coefficient (Wildman–Crippen LogP) is 2.95. The SMILES string of the molecule is Cc1ccc(C)c(-n2ccc3ccn(C)c(=O)c32)c1. The first-order valence-corrected chi connectivity index (χ1v) is 6.32. The smallest absolute Gasteiger partial charge is 0.275 e. The van der Waals surface area contributed by atoms with Crippen molar-refractivity contribution in [3.05, 3.63) is 64.2 Å². The van der Waals surface area contributed by atoms with Crippen LogP contribution in [0.1, 0.15) is 11.1 Å². The van der Waals surface area contributed by atoms with Gasteiger partial charge in [0.05, 0.1) is 0 Å². The van der Waals surface area contributed by atoms with E-state index in [9.17, 15) is 4.79 Å². The molecule has 2 aromatic heterocycles. The van der Waals surface area contributed by atoms with Crippen LogP contribution in [-0.4, -0.2) is 9.13 Å². The Hall–Kier alpha value is -2.29. The average molecular weight is 252 g/mol. The van der Waals surface area contributed by atoms with Crippen molar-refractivity contribution in [1.29, 1.82) is 0 Å². The number of fused-ring (bicyclic) bond motifs is 1. The van der Waals surface area contributed by atoms with E-state index in [4.69, 9.17) is 0 Å². The van der Waals surface area contributed by atoms with Crippen LogP contribution in [0.5, 0.6) is 0 Å².